The molecule has 0 spiro atoms. The van der Waals surface area contributed by atoms with E-state index in [1.807, 2.05) is 35.9 Å². The van der Waals surface area contributed by atoms with Crippen molar-refractivity contribution in [2.75, 3.05) is 6.26 Å². The first-order valence-corrected chi connectivity index (χ1v) is 5.51. The molecule has 0 N–H and O–H groups in total. The second kappa shape index (κ2) is 3.05. The maximum atomic E-state index is 11.3. The molecule has 0 radical (unpaired) electrons. The first-order chi connectivity index (χ1) is 6.20. The number of para-hydroxylation sites is 2. The minimum atomic E-state index is -1.02. The molecule has 0 bridgehead atoms. The predicted octanol–water partition coefficient (Wildman–Crippen LogP) is 1.31. The second-order valence-corrected chi connectivity index (χ2v) is 4.17. The van der Waals surface area contributed by atoms with Crippen LogP contribution in [0.15, 0.2) is 29.4 Å². The Hall–Kier alpha value is -1.00. The molecule has 13 heavy (non-hydrogen) atoms. The fourth-order valence-electron chi connectivity index (χ4n) is 1.38. The number of nitrogens with zero attached hydrogens (tertiary/aromatic N) is 2. The van der Waals surface area contributed by atoms with Crippen molar-refractivity contribution in [1.29, 1.82) is 0 Å². The molecule has 0 aliphatic carbocycles. The number of fused-ring (bicyclic) bond motifs is 1. The first kappa shape index (κ1) is 8.59. The van der Waals surface area contributed by atoms with Crippen LogP contribution < -0.4 is 0 Å². The highest BCUT2D eigenvalue weighted by Gasteiger charge is 2.14. The van der Waals surface area contributed by atoms with Crippen LogP contribution in [0.4, 0.5) is 0 Å². The SMILES string of the molecule is Cn1c([S+](C)[O-])nc2ccccc21. The molecule has 1 unspecified atom stereocenters. The summed E-state index contributed by atoms with van der Waals surface area (Å²) in [4.78, 5) is 4.27. The second-order valence-electron chi connectivity index (χ2n) is 2.90. The Morgan fingerprint density at radius 2 is 2.08 bits per heavy atom. The number of aryl methyl sites for hydroxylation is 1. The summed E-state index contributed by atoms with van der Waals surface area (Å²) in [5.74, 6) is 0. The van der Waals surface area contributed by atoms with Crippen molar-refractivity contribution >= 4 is 22.2 Å². The van der Waals surface area contributed by atoms with Crippen molar-refractivity contribution in [3.63, 3.8) is 0 Å². The highest BCUT2D eigenvalue weighted by molar-refractivity contribution is 7.90. The van der Waals surface area contributed by atoms with Crippen LogP contribution in [-0.4, -0.2) is 20.4 Å². The van der Waals surface area contributed by atoms with Crippen LogP contribution in [0.1, 0.15) is 0 Å². The Kier molecular flexibility index (Phi) is 2.01. The lowest BCUT2D eigenvalue weighted by atomic mass is 10.3. The number of rotatable bonds is 1. The third kappa shape index (κ3) is 1.32. The molecule has 3 nitrogen and oxygen atoms in total. The van der Waals surface area contributed by atoms with E-state index in [9.17, 15) is 4.55 Å². The zero-order valence-corrected chi connectivity index (χ0v) is 8.34. The van der Waals surface area contributed by atoms with Crippen LogP contribution in [-0.2, 0) is 18.2 Å². The van der Waals surface area contributed by atoms with Crippen LogP contribution in [0, 0.1) is 0 Å². The van der Waals surface area contributed by atoms with Gasteiger partial charge in [0.2, 0.25) is 0 Å². The predicted molar refractivity (Wildman–Crippen MR) is 53.0 cm³/mol. The average molecular weight is 194 g/mol. The smallest absolute Gasteiger partial charge is 0.323 e. The van der Waals surface area contributed by atoms with Gasteiger partial charge in [-0.05, 0) is 12.1 Å². The normalized spacial score (nSPS) is 13.5. The minimum absolute atomic E-state index is 0.626. The van der Waals surface area contributed by atoms with Gasteiger partial charge in [0.1, 0.15) is 6.26 Å². The highest BCUT2D eigenvalue weighted by atomic mass is 32.2. The molecule has 4 heteroatoms. The van der Waals surface area contributed by atoms with Crippen LogP contribution in [0.3, 0.4) is 0 Å². The molecule has 0 saturated carbocycles. The molecular weight excluding hydrogens is 184 g/mol. The van der Waals surface area contributed by atoms with Gasteiger partial charge in [-0.15, -0.1) is 0 Å². The summed E-state index contributed by atoms with van der Waals surface area (Å²) in [6.07, 6.45) is 1.64. The van der Waals surface area contributed by atoms with Gasteiger partial charge in [0.15, 0.2) is 0 Å². The van der Waals surface area contributed by atoms with Crippen molar-refractivity contribution in [3.8, 4) is 0 Å². The number of hydrogen-bond acceptors (Lipinski definition) is 2. The molecule has 0 aliphatic heterocycles. The van der Waals surface area contributed by atoms with E-state index in [4.69, 9.17) is 0 Å². The zero-order valence-electron chi connectivity index (χ0n) is 7.52. The van der Waals surface area contributed by atoms with Crippen LogP contribution in [0.25, 0.3) is 11.0 Å². The van der Waals surface area contributed by atoms with Crippen molar-refractivity contribution in [2.24, 2.45) is 7.05 Å². The van der Waals surface area contributed by atoms with Crippen molar-refractivity contribution < 1.29 is 4.55 Å². The zero-order chi connectivity index (χ0) is 9.42. The van der Waals surface area contributed by atoms with Crippen molar-refractivity contribution in [3.05, 3.63) is 24.3 Å². The number of benzene rings is 1. The van der Waals surface area contributed by atoms with Gasteiger partial charge < -0.3 is 4.55 Å². The monoisotopic (exact) mass is 194 g/mol. The molecule has 1 aromatic heterocycles. The van der Waals surface area contributed by atoms with E-state index in [-0.39, 0.29) is 0 Å². The standard InChI is InChI=1S/C9H10N2OS/c1-11-8-6-4-3-5-7(8)10-9(11)13(2)12/h3-6H,1-2H3. The van der Waals surface area contributed by atoms with E-state index < -0.39 is 11.2 Å². The van der Waals surface area contributed by atoms with Gasteiger partial charge in [-0.25, -0.2) is 0 Å². The van der Waals surface area contributed by atoms with Gasteiger partial charge >= 0.3 is 5.16 Å². The van der Waals surface area contributed by atoms with E-state index in [1.165, 1.54) is 0 Å². The Morgan fingerprint density at radius 3 is 2.69 bits per heavy atom. The summed E-state index contributed by atoms with van der Waals surface area (Å²) in [7, 11) is 1.88. The minimum Gasteiger partial charge on any atom is -0.609 e. The van der Waals surface area contributed by atoms with E-state index in [0.717, 1.165) is 11.0 Å². The molecule has 68 valence electrons. The molecule has 1 atom stereocenters. The lowest BCUT2D eigenvalue weighted by Gasteiger charge is -2.01. The van der Waals surface area contributed by atoms with Crippen LogP contribution in [0.5, 0.6) is 0 Å². The molecule has 0 saturated heterocycles. The maximum absolute atomic E-state index is 11.3. The van der Waals surface area contributed by atoms with Gasteiger partial charge in [0.25, 0.3) is 0 Å². The Morgan fingerprint density at radius 1 is 1.38 bits per heavy atom. The molecule has 0 amide bonds. The summed E-state index contributed by atoms with van der Waals surface area (Å²) in [5, 5.41) is 0.626. The molecule has 2 rings (SSSR count). The summed E-state index contributed by atoms with van der Waals surface area (Å²) in [6.45, 7) is 0. The summed E-state index contributed by atoms with van der Waals surface area (Å²) < 4.78 is 13.1. The quantitative estimate of drug-likeness (QED) is 0.642. The van der Waals surface area contributed by atoms with Gasteiger partial charge in [-0.1, -0.05) is 12.1 Å². The van der Waals surface area contributed by atoms with E-state index in [0.29, 0.717) is 5.16 Å². The molecule has 2 aromatic rings. The maximum Gasteiger partial charge on any atom is 0.323 e. The third-order valence-corrected chi connectivity index (χ3v) is 2.88. The van der Waals surface area contributed by atoms with Gasteiger partial charge in [0.05, 0.1) is 11.0 Å². The van der Waals surface area contributed by atoms with E-state index >= 15 is 0 Å². The number of imidazole rings is 1. The first-order valence-electron chi connectivity index (χ1n) is 3.95. The molecule has 1 aromatic carbocycles. The largest absolute Gasteiger partial charge is 0.609 e. The van der Waals surface area contributed by atoms with Crippen LogP contribution in [0.2, 0.25) is 0 Å². The molecular formula is C9H10N2OS. The average Bonchev–Trinajstić information content (AvgIpc) is 2.45. The summed E-state index contributed by atoms with van der Waals surface area (Å²) in [6, 6.07) is 7.77. The van der Waals surface area contributed by atoms with Gasteiger partial charge in [-0.2, -0.15) is 4.98 Å². The fraction of sp³-hybridized carbons (Fsp3) is 0.222. The van der Waals surface area contributed by atoms with Gasteiger partial charge in [0, 0.05) is 18.2 Å². The number of hydrogen-bond donors (Lipinski definition) is 0. The third-order valence-electron chi connectivity index (χ3n) is 2.00. The Labute approximate surface area is 79.6 Å². The highest BCUT2D eigenvalue weighted by Crippen LogP contribution is 2.17. The van der Waals surface area contributed by atoms with Crippen molar-refractivity contribution in [2.45, 2.75) is 5.16 Å². The number of aromatic nitrogens is 2. The van der Waals surface area contributed by atoms with Crippen LogP contribution >= 0.6 is 0 Å². The molecule has 1 heterocycles. The van der Waals surface area contributed by atoms with E-state index in [2.05, 4.69) is 4.98 Å². The Bertz CT molecular complexity index is 436. The summed E-state index contributed by atoms with van der Waals surface area (Å²) in [5.41, 5.74) is 1.92. The lowest BCUT2D eigenvalue weighted by molar-refractivity contribution is 0.586. The molecule has 0 aliphatic rings. The fourth-order valence-corrected chi connectivity index (χ4v) is 2.09. The van der Waals surface area contributed by atoms with Gasteiger partial charge in [-0.3, -0.25) is 4.57 Å². The van der Waals surface area contributed by atoms with Crippen molar-refractivity contribution in [1.82, 2.24) is 9.55 Å². The Balaban J connectivity index is 2.74. The summed E-state index contributed by atoms with van der Waals surface area (Å²) >= 11 is -1.02. The molecule has 0 fully saturated rings. The van der Waals surface area contributed by atoms with E-state index in [1.54, 1.807) is 6.26 Å². The topological polar surface area (TPSA) is 40.9 Å². The lowest BCUT2D eigenvalue weighted by Crippen LogP contribution is -2.05.